The molecule has 0 saturated carbocycles. The topological polar surface area (TPSA) is 60.0 Å². The molecule has 0 aliphatic rings. The Morgan fingerprint density at radius 1 is 0.885 bits per heavy atom. The maximum atomic E-state index is 9.18. The monoisotopic (exact) mass is 375 g/mol. The molecule has 158 valence electrons. The summed E-state index contributed by atoms with van der Waals surface area (Å²) >= 11 is 0. The maximum Gasteiger partial charge on any atom is 0.0538 e. The van der Waals surface area contributed by atoms with Crippen molar-refractivity contribution in [1.82, 2.24) is 5.32 Å². The molecule has 0 aliphatic carbocycles. The van der Waals surface area contributed by atoms with Crippen LogP contribution in [-0.4, -0.2) is 63.9 Å². The van der Waals surface area contributed by atoms with Crippen molar-refractivity contribution in [3.8, 4) is 0 Å². The normalized spacial score (nSPS) is 15.2. The Kier molecular flexibility index (Phi) is 13.8. The van der Waals surface area contributed by atoms with E-state index in [4.69, 9.17) is 14.2 Å². The number of aliphatic hydroxyl groups is 1. The molecule has 2 atom stereocenters. The van der Waals surface area contributed by atoms with Crippen molar-refractivity contribution >= 4 is 0 Å². The summed E-state index contributed by atoms with van der Waals surface area (Å²) in [5, 5.41) is 12.8. The van der Waals surface area contributed by atoms with Crippen molar-refractivity contribution in [2.24, 2.45) is 17.3 Å². The summed E-state index contributed by atoms with van der Waals surface area (Å²) in [7, 11) is 1.64. The van der Waals surface area contributed by atoms with Gasteiger partial charge in [-0.3, -0.25) is 0 Å². The molecule has 0 fully saturated rings. The van der Waals surface area contributed by atoms with Crippen LogP contribution in [0.2, 0.25) is 0 Å². The molecule has 5 nitrogen and oxygen atoms in total. The van der Waals surface area contributed by atoms with Crippen LogP contribution >= 0.6 is 0 Å². The number of hydrogen-bond donors (Lipinski definition) is 2. The minimum Gasteiger partial charge on any atom is -0.396 e. The second-order valence-electron chi connectivity index (χ2n) is 9.60. The Morgan fingerprint density at radius 2 is 1.46 bits per heavy atom. The fourth-order valence-corrected chi connectivity index (χ4v) is 2.48. The van der Waals surface area contributed by atoms with Gasteiger partial charge in [0.2, 0.25) is 0 Å². The molecule has 0 saturated heterocycles. The lowest BCUT2D eigenvalue weighted by molar-refractivity contribution is 0.0185. The number of rotatable bonds is 15. The highest BCUT2D eigenvalue weighted by Gasteiger charge is 2.18. The van der Waals surface area contributed by atoms with E-state index >= 15 is 0 Å². The summed E-state index contributed by atoms with van der Waals surface area (Å²) in [6, 6.07) is 0. The zero-order valence-corrected chi connectivity index (χ0v) is 18.4. The van der Waals surface area contributed by atoms with Gasteiger partial charge >= 0.3 is 0 Å². The van der Waals surface area contributed by atoms with Gasteiger partial charge in [0.25, 0.3) is 0 Å². The third-order valence-electron chi connectivity index (χ3n) is 4.17. The molecule has 2 unspecified atom stereocenters. The third-order valence-corrected chi connectivity index (χ3v) is 4.17. The molecule has 0 bridgehead atoms. The Hall–Kier alpha value is -0.200. The van der Waals surface area contributed by atoms with E-state index in [2.05, 4.69) is 46.9 Å². The summed E-state index contributed by atoms with van der Waals surface area (Å²) in [6.45, 7) is 17.8. The first kappa shape index (κ1) is 25.8. The van der Waals surface area contributed by atoms with Crippen molar-refractivity contribution in [3.05, 3.63) is 0 Å². The number of aliphatic hydroxyl groups excluding tert-OH is 1. The second kappa shape index (κ2) is 13.9. The molecule has 0 aliphatic heterocycles. The average molecular weight is 376 g/mol. The van der Waals surface area contributed by atoms with Gasteiger partial charge in [-0.05, 0) is 51.4 Å². The average Bonchev–Trinajstić information content (AvgIpc) is 2.52. The first-order chi connectivity index (χ1) is 12.1. The smallest absolute Gasteiger partial charge is 0.0538 e. The van der Waals surface area contributed by atoms with E-state index in [1.807, 2.05) is 0 Å². The molecule has 0 heterocycles. The van der Waals surface area contributed by atoms with Crippen molar-refractivity contribution < 1.29 is 19.3 Å². The second-order valence-corrected chi connectivity index (χ2v) is 9.60. The molecule has 0 aromatic carbocycles. The number of nitrogens with one attached hydrogen (secondary N) is 1. The largest absolute Gasteiger partial charge is 0.396 e. The lowest BCUT2D eigenvalue weighted by Crippen LogP contribution is -2.40. The molecule has 26 heavy (non-hydrogen) atoms. The lowest BCUT2D eigenvalue weighted by Gasteiger charge is -2.27. The molecule has 0 radical (unpaired) electrons. The molecular formula is C21H45NO4. The van der Waals surface area contributed by atoms with Gasteiger partial charge in [0, 0.05) is 38.3 Å². The fraction of sp³-hybridized carbons (Fsp3) is 1.00. The van der Waals surface area contributed by atoms with Gasteiger partial charge in [-0.1, -0.05) is 20.8 Å². The lowest BCUT2D eigenvalue weighted by atomic mass is 9.86. The van der Waals surface area contributed by atoms with E-state index in [0.717, 1.165) is 26.2 Å². The number of methoxy groups -OCH3 is 1. The summed E-state index contributed by atoms with van der Waals surface area (Å²) < 4.78 is 16.6. The minimum atomic E-state index is 0.0613. The molecule has 0 amide bonds. The summed E-state index contributed by atoms with van der Waals surface area (Å²) in [5.41, 5.74) is 0.499. The summed E-state index contributed by atoms with van der Waals surface area (Å²) in [5.74, 6) is 0.598. The fourth-order valence-electron chi connectivity index (χ4n) is 2.48. The minimum absolute atomic E-state index is 0.0613. The molecule has 0 aromatic rings. The van der Waals surface area contributed by atoms with Gasteiger partial charge in [-0.15, -0.1) is 0 Å². The highest BCUT2D eigenvalue weighted by molar-refractivity contribution is 4.75. The van der Waals surface area contributed by atoms with Gasteiger partial charge in [0.1, 0.15) is 0 Å². The standard InChI is InChI=1S/C21H45NO4/c1-20(2,3)10-9-18(13-22-21(4,5)6)16-25-11-8-12-26-17-19(14-23)15-24-7/h18-19,22-23H,8-17H2,1-7H3. The van der Waals surface area contributed by atoms with Crippen LogP contribution in [-0.2, 0) is 14.2 Å². The summed E-state index contributed by atoms with van der Waals surface area (Å²) in [4.78, 5) is 0. The van der Waals surface area contributed by atoms with Crippen LogP contribution in [0.4, 0.5) is 0 Å². The van der Waals surface area contributed by atoms with E-state index in [1.165, 1.54) is 12.8 Å². The van der Waals surface area contributed by atoms with Crippen LogP contribution in [0, 0.1) is 17.3 Å². The number of hydrogen-bond acceptors (Lipinski definition) is 5. The molecule has 0 aromatic heterocycles. The van der Waals surface area contributed by atoms with E-state index in [9.17, 15) is 5.11 Å². The maximum absolute atomic E-state index is 9.18. The van der Waals surface area contributed by atoms with Crippen LogP contribution in [0.5, 0.6) is 0 Å². The summed E-state index contributed by atoms with van der Waals surface area (Å²) in [6.07, 6.45) is 3.26. The third kappa shape index (κ3) is 17.2. The van der Waals surface area contributed by atoms with Crippen LogP contribution in [0.25, 0.3) is 0 Å². The van der Waals surface area contributed by atoms with Crippen LogP contribution in [0.3, 0.4) is 0 Å². The highest BCUT2D eigenvalue weighted by atomic mass is 16.5. The van der Waals surface area contributed by atoms with E-state index in [1.54, 1.807) is 7.11 Å². The zero-order chi connectivity index (χ0) is 20.1. The molecular weight excluding hydrogens is 330 g/mol. The Morgan fingerprint density at radius 3 is 1.92 bits per heavy atom. The van der Waals surface area contributed by atoms with Gasteiger partial charge in [0.05, 0.1) is 26.4 Å². The molecule has 0 spiro atoms. The molecule has 2 N–H and O–H groups in total. The van der Waals surface area contributed by atoms with Gasteiger partial charge < -0.3 is 24.6 Å². The van der Waals surface area contributed by atoms with E-state index < -0.39 is 0 Å². The van der Waals surface area contributed by atoms with Crippen molar-refractivity contribution in [1.29, 1.82) is 0 Å². The Balaban J connectivity index is 3.96. The van der Waals surface area contributed by atoms with E-state index in [0.29, 0.717) is 31.2 Å². The van der Waals surface area contributed by atoms with Crippen molar-refractivity contribution in [2.45, 2.75) is 66.3 Å². The predicted molar refractivity (Wildman–Crippen MR) is 109 cm³/mol. The Labute approximate surface area is 162 Å². The SMILES string of the molecule is COCC(CO)COCCCOCC(CCC(C)(C)C)CNC(C)(C)C. The molecule has 5 heteroatoms. The van der Waals surface area contributed by atoms with Crippen LogP contribution in [0.15, 0.2) is 0 Å². The van der Waals surface area contributed by atoms with Crippen molar-refractivity contribution in [3.63, 3.8) is 0 Å². The zero-order valence-electron chi connectivity index (χ0n) is 18.4. The first-order valence-electron chi connectivity index (χ1n) is 10.1. The predicted octanol–water partition coefficient (Wildman–Crippen LogP) is 3.50. The van der Waals surface area contributed by atoms with Crippen molar-refractivity contribution in [2.75, 3.05) is 53.3 Å². The number of ether oxygens (including phenoxy) is 3. The van der Waals surface area contributed by atoms with E-state index in [-0.39, 0.29) is 18.1 Å². The van der Waals surface area contributed by atoms with Crippen LogP contribution in [0.1, 0.15) is 60.8 Å². The van der Waals surface area contributed by atoms with Gasteiger partial charge in [-0.2, -0.15) is 0 Å². The van der Waals surface area contributed by atoms with Crippen LogP contribution < -0.4 is 5.32 Å². The quantitative estimate of drug-likeness (QED) is 0.429. The van der Waals surface area contributed by atoms with Gasteiger partial charge in [-0.25, -0.2) is 0 Å². The highest BCUT2D eigenvalue weighted by Crippen LogP contribution is 2.24. The molecule has 0 rings (SSSR count). The Bertz CT molecular complexity index is 305. The first-order valence-corrected chi connectivity index (χ1v) is 10.1. The van der Waals surface area contributed by atoms with Gasteiger partial charge in [0.15, 0.2) is 0 Å².